The molecule has 0 aliphatic rings. The van der Waals surface area contributed by atoms with Crippen molar-refractivity contribution in [2.45, 2.75) is 57.0 Å². The summed E-state index contributed by atoms with van der Waals surface area (Å²) >= 11 is 0. The van der Waals surface area contributed by atoms with Crippen molar-refractivity contribution in [1.29, 1.82) is 0 Å². The van der Waals surface area contributed by atoms with Crippen molar-refractivity contribution in [3.05, 3.63) is 137 Å². The molecule has 41 heavy (non-hydrogen) atoms. The molecule has 0 saturated carbocycles. The molecule has 0 aromatic heterocycles. The van der Waals surface area contributed by atoms with Crippen LogP contribution >= 0.6 is 0 Å². The first-order valence-corrected chi connectivity index (χ1v) is 14.8. The van der Waals surface area contributed by atoms with E-state index >= 15 is 0 Å². The van der Waals surface area contributed by atoms with Crippen molar-refractivity contribution in [3.8, 4) is 0 Å². The fourth-order valence-corrected chi connectivity index (χ4v) is 5.94. The minimum Gasteiger partial charge on any atom is -1.00 e. The zero-order valence-electron chi connectivity index (χ0n) is 24.3. The van der Waals surface area contributed by atoms with Gasteiger partial charge in [0, 0.05) is 19.5 Å². The Morgan fingerprint density at radius 3 is 1.80 bits per heavy atom. The van der Waals surface area contributed by atoms with Crippen LogP contribution in [0.4, 0.5) is 0 Å². The Bertz CT molecular complexity index is 1420. The molecule has 4 aromatic rings. The SMILES string of the molecule is Cc1ccc(S(=O)(=O)N[C@@H](c2ccccc2)[C@@H](NCCCCc2ccc(C)c(C)c2)c2ccccc2)cc1.[Cl-].[NH4+].[Ru]. The molecule has 0 amide bonds. The number of rotatable bonds is 12. The number of hydrogen-bond donors (Lipinski definition) is 3. The van der Waals surface area contributed by atoms with Gasteiger partial charge < -0.3 is 23.9 Å². The molecule has 0 saturated heterocycles. The van der Waals surface area contributed by atoms with E-state index in [4.69, 9.17) is 0 Å². The van der Waals surface area contributed by atoms with Gasteiger partial charge in [-0.05, 0) is 86.5 Å². The van der Waals surface area contributed by atoms with Gasteiger partial charge in [0.05, 0.1) is 17.0 Å². The van der Waals surface area contributed by atoms with Crippen LogP contribution in [0.3, 0.4) is 0 Å². The van der Waals surface area contributed by atoms with Crippen LogP contribution in [0.2, 0.25) is 0 Å². The summed E-state index contributed by atoms with van der Waals surface area (Å²) in [6, 6.07) is 32.9. The topological polar surface area (TPSA) is 94.7 Å². The van der Waals surface area contributed by atoms with Gasteiger partial charge in [-0.1, -0.05) is 96.6 Å². The van der Waals surface area contributed by atoms with Gasteiger partial charge in [0.15, 0.2) is 0 Å². The Labute approximate surface area is 265 Å². The molecule has 4 aromatic carbocycles. The molecule has 0 bridgehead atoms. The van der Waals surface area contributed by atoms with E-state index in [1.54, 1.807) is 12.1 Å². The Morgan fingerprint density at radius 2 is 1.24 bits per heavy atom. The third-order valence-electron chi connectivity index (χ3n) is 7.09. The fraction of sp³-hybridized carbons (Fsp3) is 0.273. The molecule has 0 aliphatic carbocycles. The number of sulfonamides is 1. The number of halogens is 1. The fourth-order valence-electron chi connectivity index (χ4n) is 4.70. The molecular weight excluding hydrogens is 639 g/mol. The summed E-state index contributed by atoms with van der Waals surface area (Å²) in [5, 5.41) is 3.70. The molecule has 4 rings (SSSR count). The molecular formula is C33H42ClN3O2RuS. The summed E-state index contributed by atoms with van der Waals surface area (Å²) in [4.78, 5) is 0.268. The van der Waals surface area contributed by atoms with Gasteiger partial charge in [0.25, 0.3) is 0 Å². The molecule has 8 heteroatoms. The van der Waals surface area contributed by atoms with Gasteiger partial charge in [0.2, 0.25) is 10.0 Å². The quantitative estimate of drug-likeness (QED) is 0.153. The molecule has 0 radical (unpaired) electrons. The normalized spacial score (nSPS) is 12.3. The van der Waals surface area contributed by atoms with Crippen molar-refractivity contribution in [3.63, 3.8) is 0 Å². The van der Waals surface area contributed by atoms with E-state index in [0.29, 0.717) is 0 Å². The maximum absolute atomic E-state index is 13.5. The van der Waals surface area contributed by atoms with E-state index in [-0.39, 0.29) is 49.0 Å². The zero-order valence-corrected chi connectivity index (χ0v) is 27.6. The smallest absolute Gasteiger partial charge is 0.241 e. The zero-order chi connectivity index (χ0) is 27.0. The average Bonchev–Trinajstić information content (AvgIpc) is 2.93. The molecule has 0 heterocycles. The molecule has 2 atom stereocenters. The Morgan fingerprint density at radius 1 is 0.683 bits per heavy atom. The summed E-state index contributed by atoms with van der Waals surface area (Å²) in [5.41, 5.74) is 6.99. The molecule has 0 unspecified atom stereocenters. The number of benzene rings is 4. The van der Waals surface area contributed by atoms with Crippen LogP contribution in [0.5, 0.6) is 0 Å². The first-order chi connectivity index (χ1) is 18.3. The summed E-state index contributed by atoms with van der Waals surface area (Å²) < 4.78 is 30.0. The van der Waals surface area contributed by atoms with Crippen LogP contribution in [0.15, 0.2) is 108 Å². The first kappa shape index (κ1) is 36.6. The van der Waals surface area contributed by atoms with Gasteiger partial charge in [-0.3, -0.25) is 0 Å². The Balaban J connectivity index is 0.00000280. The van der Waals surface area contributed by atoms with Crippen molar-refractivity contribution < 1.29 is 40.3 Å². The molecule has 222 valence electrons. The van der Waals surface area contributed by atoms with Crippen molar-refractivity contribution in [2.24, 2.45) is 0 Å². The maximum Gasteiger partial charge on any atom is 0.241 e. The monoisotopic (exact) mass is 681 g/mol. The second-order valence-electron chi connectivity index (χ2n) is 10.0. The minimum absolute atomic E-state index is 0. The van der Waals surface area contributed by atoms with Crippen LogP contribution in [-0.2, 0) is 35.9 Å². The first-order valence-electron chi connectivity index (χ1n) is 13.3. The van der Waals surface area contributed by atoms with Gasteiger partial charge >= 0.3 is 0 Å². The average molecular weight is 681 g/mol. The van der Waals surface area contributed by atoms with E-state index in [2.05, 4.69) is 54.2 Å². The van der Waals surface area contributed by atoms with Crippen LogP contribution in [0.25, 0.3) is 0 Å². The summed E-state index contributed by atoms with van der Waals surface area (Å²) in [7, 11) is -3.75. The minimum atomic E-state index is -3.75. The third-order valence-corrected chi connectivity index (χ3v) is 8.55. The van der Waals surface area contributed by atoms with Crippen molar-refractivity contribution >= 4 is 10.0 Å². The molecule has 0 fully saturated rings. The van der Waals surface area contributed by atoms with Crippen molar-refractivity contribution in [2.75, 3.05) is 6.54 Å². The Hall–Kier alpha value is -2.38. The number of aryl methyl sites for hydroxylation is 4. The van der Waals surface area contributed by atoms with Crippen LogP contribution in [0, 0.1) is 20.8 Å². The molecule has 6 N–H and O–H groups in total. The van der Waals surface area contributed by atoms with Gasteiger partial charge in [-0.25, -0.2) is 13.1 Å². The number of quaternary nitrogens is 1. The van der Waals surface area contributed by atoms with E-state index in [0.717, 1.165) is 42.5 Å². The standard InChI is InChI=1S/C33H38N2O2S.ClH.H3N.Ru/c1-25-17-21-31(22-18-25)38(36,37)35-33(30-15-8-5-9-16-30)32(29-13-6-4-7-14-29)34-23-11-10-12-28-20-19-26(2)27(3)24-28;;;/h4-9,13-22,24,32-35H,10-12,23H2,1-3H3;1H;1H3;/t32-,33-;;;/m0.../s1. The Kier molecular flexibility index (Phi) is 15.7. The van der Waals surface area contributed by atoms with E-state index in [1.165, 1.54) is 16.7 Å². The number of hydrogen-bond acceptors (Lipinski definition) is 3. The van der Waals surface area contributed by atoms with Crippen LogP contribution in [0.1, 0.15) is 58.3 Å². The van der Waals surface area contributed by atoms with Crippen molar-refractivity contribution in [1.82, 2.24) is 16.2 Å². The molecule has 5 nitrogen and oxygen atoms in total. The molecule has 0 aliphatic heterocycles. The van der Waals surface area contributed by atoms with Crippen LogP contribution < -0.4 is 28.6 Å². The predicted octanol–water partition coefficient (Wildman–Crippen LogP) is 4.36. The molecule has 0 spiro atoms. The second kappa shape index (κ2) is 17.5. The summed E-state index contributed by atoms with van der Waals surface area (Å²) in [5.74, 6) is 0. The van der Waals surface area contributed by atoms with Gasteiger partial charge in [-0.15, -0.1) is 0 Å². The second-order valence-corrected chi connectivity index (χ2v) is 11.8. The van der Waals surface area contributed by atoms with E-state index < -0.39 is 16.1 Å². The number of unbranched alkanes of at least 4 members (excludes halogenated alkanes) is 1. The van der Waals surface area contributed by atoms with E-state index in [1.807, 2.05) is 67.6 Å². The van der Waals surface area contributed by atoms with Crippen LogP contribution in [-0.4, -0.2) is 15.0 Å². The largest absolute Gasteiger partial charge is 1.00 e. The third kappa shape index (κ3) is 10.4. The predicted molar refractivity (Wildman–Crippen MR) is 163 cm³/mol. The van der Waals surface area contributed by atoms with Gasteiger partial charge in [0.1, 0.15) is 0 Å². The van der Waals surface area contributed by atoms with E-state index in [9.17, 15) is 8.42 Å². The van der Waals surface area contributed by atoms with Gasteiger partial charge in [-0.2, -0.15) is 0 Å². The summed E-state index contributed by atoms with van der Waals surface area (Å²) in [6.45, 7) is 7.03. The number of nitrogens with one attached hydrogen (secondary N) is 2. The maximum atomic E-state index is 13.5. The summed E-state index contributed by atoms with van der Waals surface area (Å²) in [6.07, 6.45) is 3.07.